The number of hydrogen-bond donors (Lipinski definition) is 2. The summed E-state index contributed by atoms with van der Waals surface area (Å²) >= 11 is 1.63. The van der Waals surface area contributed by atoms with Gasteiger partial charge in [0.1, 0.15) is 23.6 Å². The first kappa shape index (κ1) is 15.3. The lowest BCUT2D eigenvalue weighted by atomic mass is 10.3. The Labute approximate surface area is 144 Å². The zero-order chi connectivity index (χ0) is 16.5. The zero-order valence-electron chi connectivity index (χ0n) is 13.6. The maximum Gasteiger partial charge on any atom is 0.177 e. The lowest BCUT2D eigenvalue weighted by Gasteiger charge is -2.03. The fourth-order valence-electron chi connectivity index (χ4n) is 3.05. The van der Waals surface area contributed by atoms with Crippen LogP contribution < -0.4 is 15.6 Å². The molecule has 0 saturated carbocycles. The maximum absolute atomic E-state index is 6.13. The van der Waals surface area contributed by atoms with E-state index in [0.29, 0.717) is 5.84 Å². The first-order valence-corrected chi connectivity index (χ1v) is 9.00. The fourth-order valence-corrected chi connectivity index (χ4v) is 3.84. The highest BCUT2D eigenvalue weighted by molar-refractivity contribution is 7.09. The summed E-state index contributed by atoms with van der Waals surface area (Å²) in [7, 11) is 2.03. The third kappa shape index (κ3) is 3.05. The Morgan fingerprint density at radius 1 is 1.54 bits per heavy atom. The van der Waals surface area contributed by atoms with Crippen LogP contribution >= 0.6 is 11.3 Å². The Kier molecular flexibility index (Phi) is 4.03. The van der Waals surface area contributed by atoms with E-state index in [9.17, 15) is 0 Å². The molecule has 0 radical (unpaired) electrons. The van der Waals surface area contributed by atoms with Crippen LogP contribution in [0.1, 0.15) is 17.1 Å². The minimum Gasteiger partial charge on any atom is -0.382 e. The van der Waals surface area contributed by atoms with Crippen LogP contribution in [0.3, 0.4) is 0 Å². The number of thiazole rings is 1. The summed E-state index contributed by atoms with van der Waals surface area (Å²) in [5.41, 5.74) is 8.13. The van der Waals surface area contributed by atoms with Gasteiger partial charge in [-0.25, -0.2) is 9.55 Å². The molecular formula is C17H21N6S+. The number of hydrogen-bond acceptors (Lipinski definition) is 4. The van der Waals surface area contributed by atoms with Crippen molar-refractivity contribution in [1.82, 2.24) is 14.9 Å². The maximum atomic E-state index is 6.13. The number of aryl methyl sites for hydroxylation is 1. The highest BCUT2D eigenvalue weighted by atomic mass is 32.1. The molecule has 1 aliphatic rings. The van der Waals surface area contributed by atoms with Crippen LogP contribution in [0.4, 0.5) is 0 Å². The molecule has 0 spiro atoms. The second kappa shape index (κ2) is 6.33. The van der Waals surface area contributed by atoms with E-state index in [4.69, 9.17) is 5.73 Å². The number of fused-ring (bicyclic) bond motifs is 1. The van der Waals surface area contributed by atoms with Gasteiger partial charge in [0.15, 0.2) is 12.4 Å². The van der Waals surface area contributed by atoms with E-state index >= 15 is 0 Å². The van der Waals surface area contributed by atoms with E-state index in [2.05, 4.69) is 55.2 Å². The van der Waals surface area contributed by atoms with E-state index in [-0.39, 0.29) is 6.04 Å². The van der Waals surface area contributed by atoms with Gasteiger partial charge in [-0.05, 0) is 19.0 Å². The van der Waals surface area contributed by atoms with Gasteiger partial charge in [0, 0.05) is 24.2 Å². The third-order valence-electron chi connectivity index (χ3n) is 4.33. The molecule has 1 unspecified atom stereocenters. The molecule has 3 aromatic rings. The zero-order valence-corrected chi connectivity index (χ0v) is 14.5. The van der Waals surface area contributed by atoms with E-state index in [1.54, 1.807) is 11.3 Å². The van der Waals surface area contributed by atoms with Gasteiger partial charge in [0.25, 0.3) is 0 Å². The SMILES string of the molecule is C[n+]1ccc2c(ccn2Cc2nc(C(N)=NC3CCNC3)cs2)c1. The van der Waals surface area contributed by atoms with E-state index in [1.807, 2.05) is 12.4 Å². The molecular weight excluding hydrogens is 320 g/mol. The number of nitrogens with one attached hydrogen (secondary N) is 1. The van der Waals surface area contributed by atoms with Gasteiger partial charge in [-0.15, -0.1) is 11.3 Å². The molecule has 3 N–H and O–H groups in total. The first-order valence-electron chi connectivity index (χ1n) is 8.12. The van der Waals surface area contributed by atoms with Gasteiger partial charge >= 0.3 is 0 Å². The lowest BCUT2D eigenvalue weighted by Crippen LogP contribution is -2.25. The molecule has 1 atom stereocenters. The topological polar surface area (TPSA) is 72.1 Å². The largest absolute Gasteiger partial charge is 0.382 e. The van der Waals surface area contributed by atoms with Crippen LogP contribution in [-0.4, -0.2) is 34.5 Å². The monoisotopic (exact) mass is 341 g/mol. The van der Waals surface area contributed by atoms with Crippen molar-refractivity contribution in [1.29, 1.82) is 0 Å². The molecule has 0 aromatic carbocycles. The van der Waals surface area contributed by atoms with E-state index in [0.717, 1.165) is 36.8 Å². The van der Waals surface area contributed by atoms with E-state index < -0.39 is 0 Å². The summed E-state index contributed by atoms with van der Waals surface area (Å²) in [6.45, 7) is 2.67. The van der Waals surface area contributed by atoms with Crippen LogP contribution in [0, 0.1) is 0 Å². The summed E-state index contributed by atoms with van der Waals surface area (Å²) in [5, 5.41) is 7.57. The average molecular weight is 341 g/mol. The second-order valence-electron chi connectivity index (χ2n) is 6.18. The van der Waals surface area contributed by atoms with Gasteiger partial charge in [-0.1, -0.05) is 0 Å². The Morgan fingerprint density at radius 3 is 3.29 bits per heavy atom. The molecule has 1 fully saturated rings. The number of aromatic nitrogens is 3. The Hall–Kier alpha value is -2.25. The number of pyridine rings is 1. The smallest absolute Gasteiger partial charge is 0.177 e. The summed E-state index contributed by atoms with van der Waals surface area (Å²) in [4.78, 5) is 9.25. The van der Waals surface area contributed by atoms with Gasteiger partial charge in [-0.2, -0.15) is 0 Å². The number of aliphatic imine (C=N–C) groups is 1. The molecule has 6 nitrogen and oxygen atoms in total. The van der Waals surface area contributed by atoms with Crippen molar-refractivity contribution in [3.63, 3.8) is 0 Å². The predicted octanol–water partition coefficient (Wildman–Crippen LogP) is 1.04. The quantitative estimate of drug-likeness (QED) is 0.423. The van der Waals surface area contributed by atoms with Crippen LogP contribution in [0.15, 0.2) is 41.1 Å². The van der Waals surface area contributed by atoms with Crippen LogP contribution in [0.25, 0.3) is 10.9 Å². The van der Waals surface area contributed by atoms with Gasteiger partial charge in [0.05, 0.1) is 23.5 Å². The number of amidine groups is 1. The normalized spacial score (nSPS) is 18.5. The van der Waals surface area contributed by atoms with Crippen LogP contribution in [-0.2, 0) is 13.6 Å². The van der Waals surface area contributed by atoms with Crippen molar-refractivity contribution in [3.05, 3.63) is 46.8 Å². The number of nitrogens with two attached hydrogens (primary N) is 1. The molecule has 0 aliphatic carbocycles. The van der Waals surface area contributed by atoms with Gasteiger partial charge < -0.3 is 15.6 Å². The molecule has 24 heavy (non-hydrogen) atoms. The predicted molar refractivity (Wildman–Crippen MR) is 96.3 cm³/mol. The molecule has 124 valence electrons. The molecule has 1 saturated heterocycles. The van der Waals surface area contributed by atoms with Crippen LogP contribution in [0.5, 0.6) is 0 Å². The highest BCUT2D eigenvalue weighted by Gasteiger charge is 2.15. The van der Waals surface area contributed by atoms with Crippen molar-refractivity contribution < 1.29 is 4.57 Å². The minimum absolute atomic E-state index is 0.282. The minimum atomic E-state index is 0.282. The molecule has 4 rings (SSSR count). The molecule has 0 amide bonds. The van der Waals surface area contributed by atoms with Crippen molar-refractivity contribution in [2.24, 2.45) is 17.8 Å². The third-order valence-corrected chi connectivity index (χ3v) is 5.16. The summed E-state index contributed by atoms with van der Waals surface area (Å²) in [6.07, 6.45) is 7.34. The number of nitrogens with zero attached hydrogens (tertiary/aromatic N) is 4. The van der Waals surface area contributed by atoms with Crippen molar-refractivity contribution >= 4 is 28.1 Å². The van der Waals surface area contributed by atoms with Crippen molar-refractivity contribution in [2.45, 2.75) is 19.0 Å². The van der Waals surface area contributed by atoms with Crippen LogP contribution in [0.2, 0.25) is 0 Å². The number of rotatable bonds is 4. The highest BCUT2D eigenvalue weighted by Crippen LogP contribution is 2.18. The molecule has 3 aromatic heterocycles. The Morgan fingerprint density at radius 2 is 2.46 bits per heavy atom. The van der Waals surface area contributed by atoms with Crippen molar-refractivity contribution in [3.8, 4) is 0 Å². The fraction of sp³-hybridized carbons (Fsp3) is 0.353. The van der Waals surface area contributed by atoms with Crippen molar-refractivity contribution in [2.75, 3.05) is 13.1 Å². The molecule has 7 heteroatoms. The molecule has 1 aliphatic heterocycles. The Bertz CT molecular complexity index is 888. The lowest BCUT2D eigenvalue weighted by molar-refractivity contribution is -0.670. The summed E-state index contributed by atoms with van der Waals surface area (Å²) < 4.78 is 4.27. The average Bonchev–Trinajstić information content (AvgIpc) is 3.29. The summed E-state index contributed by atoms with van der Waals surface area (Å²) in [5.74, 6) is 0.551. The van der Waals surface area contributed by atoms with Gasteiger partial charge in [-0.3, -0.25) is 4.99 Å². The second-order valence-corrected chi connectivity index (χ2v) is 7.12. The van der Waals surface area contributed by atoms with E-state index in [1.165, 1.54) is 10.9 Å². The molecule has 0 bridgehead atoms. The Balaban J connectivity index is 1.54. The first-order chi connectivity index (χ1) is 11.7. The summed E-state index contributed by atoms with van der Waals surface area (Å²) in [6, 6.07) is 4.55. The van der Waals surface area contributed by atoms with Gasteiger partial charge in [0.2, 0.25) is 0 Å². The standard InChI is InChI=1S/C17H21N6S/c1-22-6-4-15-12(9-22)3-7-23(15)10-16-21-14(11-24-16)17(18)20-13-2-5-19-8-13/h3-4,6-7,9,11,13,19H,2,5,8,10H2,1H3,(H2,18,20)/q+1. The molecule has 4 heterocycles.